The van der Waals surface area contributed by atoms with Crippen LogP contribution in [-0.2, 0) is 10.5 Å². The van der Waals surface area contributed by atoms with Crippen LogP contribution in [0.1, 0.15) is 18.1 Å². The summed E-state index contributed by atoms with van der Waals surface area (Å²) in [6, 6.07) is 12.1. The molecule has 1 atom stereocenters. The molecule has 0 saturated heterocycles. The average molecular weight is 286 g/mol. The predicted octanol–water partition coefficient (Wildman–Crippen LogP) is 2.76. The molecule has 3 rings (SSSR count). The van der Waals surface area contributed by atoms with E-state index in [1.54, 1.807) is 31.2 Å². The molecular weight excluding hydrogens is 274 g/mol. The summed E-state index contributed by atoms with van der Waals surface area (Å²) in [5, 5.41) is 2.67. The molecular formula is C16H12F2N2O. The fraction of sp³-hybridized carbons (Fsp3) is 0.125. The number of aliphatic imine (C=N–C) groups is 1. The van der Waals surface area contributed by atoms with Crippen LogP contribution < -0.4 is 5.32 Å². The van der Waals surface area contributed by atoms with E-state index in [2.05, 4.69) is 10.3 Å². The van der Waals surface area contributed by atoms with E-state index in [1.165, 1.54) is 12.1 Å². The molecule has 1 aliphatic heterocycles. The van der Waals surface area contributed by atoms with Crippen molar-refractivity contribution >= 4 is 11.6 Å². The molecule has 0 unspecified atom stereocenters. The van der Waals surface area contributed by atoms with Crippen LogP contribution in [0.2, 0.25) is 0 Å². The van der Waals surface area contributed by atoms with Gasteiger partial charge in [-0.15, -0.1) is 0 Å². The standard InChI is InChI=1S/C16H12F2N2O/c1-16(11-7-12(17)9-13(18)8-11)19-14(15(21)20-16)10-5-3-2-4-6-10/h2-9H,1H3,(H,20,21)/t16-/m0/s1. The zero-order chi connectivity index (χ0) is 15.0. The average Bonchev–Trinajstić information content (AvgIpc) is 2.75. The Hall–Kier alpha value is -2.56. The summed E-state index contributed by atoms with van der Waals surface area (Å²) in [4.78, 5) is 16.5. The molecule has 0 saturated carbocycles. The normalized spacial score (nSPS) is 21.1. The van der Waals surface area contributed by atoms with Gasteiger partial charge >= 0.3 is 0 Å². The second-order valence-corrected chi connectivity index (χ2v) is 5.01. The van der Waals surface area contributed by atoms with Gasteiger partial charge in [-0.2, -0.15) is 0 Å². The molecule has 0 bridgehead atoms. The molecule has 21 heavy (non-hydrogen) atoms. The minimum absolute atomic E-state index is 0.253. The van der Waals surface area contributed by atoms with E-state index in [1.807, 2.05) is 6.07 Å². The summed E-state index contributed by atoms with van der Waals surface area (Å²) >= 11 is 0. The molecule has 5 heteroatoms. The Balaban J connectivity index is 2.07. The molecule has 1 heterocycles. The third-order valence-corrected chi connectivity index (χ3v) is 3.38. The van der Waals surface area contributed by atoms with E-state index in [0.717, 1.165) is 6.07 Å². The highest BCUT2D eigenvalue weighted by Gasteiger charge is 2.37. The van der Waals surface area contributed by atoms with Crippen molar-refractivity contribution in [3.8, 4) is 0 Å². The largest absolute Gasteiger partial charge is 0.323 e. The lowest BCUT2D eigenvalue weighted by atomic mass is 10.0. The van der Waals surface area contributed by atoms with E-state index >= 15 is 0 Å². The van der Waals surface area contributed by atoms with E-state index in [0.29, 0.717) is 5.56 Å². The van der Waals surface area contributed by atoms with Gasteiger partial charge in [-0.1, -0.05) is 30.3 Å². The van der Waals surface area contributed by atoms with Gasteiger partial charge in [0.05, 0.1) is 0 Å². The summed E-state index contributed by atoms with van der Waals surface area (Å²) in [7, 11) is 0. The molecule has 0 spiro atoms. The molecule has 0 fully saturated rings. The molecule has 0 aliphatic carbocycles. The first kappa shape index (κ1) is 13.4. The lowest BCUT2D eigenvalue weighted by Gasteiger charge is -2.21. The highest BCUT2D eigenvalue weighted by molar-refractivity contribution is 6.46. The van der Waals surface area contributed by atoms with Gasteiger partial charge in [-0.3, -0.25) is 4.79 Å². The SMILES string of the molecule is C[C@]1(c2cc(F)cc(F)c2)N=C(c2ccccc2)C(=O)N1. The monoisotopic (exact) mass is 286 g/mol. The van der Waals surface area contributed by atoms with E-state index in [-0.39, 0.29) is 17.2 Å². The van der Waals surface area contributed by atoms with Gasteiger partial charge in [0, 0.05) is 17.2 Å². The van der Waals surface area contributed by atoms with E-state index in [4.69, 9.17) is 0 Å². The van der Waals surface area contributed by atoms with Crippen molar-refractivity contribution in [2.45, 2.75) is 12.6 Å². The molecule has 0 aromatic heterocycles. The third-order valence-electron chi connectivity index (χ3n) is 3.38. The highest BCUT2D eigenvalue weighted by atomic mass is 19.1. The molecule has 0 radical (unpaired) electrons. The number of rotatable bonds is 2. The Kier molecular flexibility index (Phi) is 3.05. The Morgan fingerprint density at radius 3 is 2.29 bits per heavy atom. The smallest absolute Gasteiger partial charge is 0.272 e. The Labute approximate surface area is 120 Å². The van der Waals surface area contributed by atoms with Crippen molar-refractivity contribution in [1.82, 2.24) is 5.32 Å². The molecule has 2 aromatic carbocycles. The van der Waals surface area contributed by atoms with Crippen molar-refractivity contribution in [3.05, 3.63) is 71.3 Å². The van der Waals surface area contributed by atoms with Crippen molar-refractivity contribution in [3.63, 3.8) is 0 Å². The summed E-state index contributed by atoms with van der Waals surface area (Å²) in [5.74, 6) is -1.78. The number of halogens is 2. The number of nitrogens with zero attached hydrogens (tertiary/aromatic N) is 1. The van der Waals surface area contributed by atoms with Crippen LogP contribution in [0.3, 0.4) is 0 Å². The minimum atomic E-state index is -1.18. The topological polar surface area (TPSA) is 41.5 Å². The van der Waals surface area contributed by atoms with E-state index < -0.39 is 17.3 Å². The van der Waals surface area contributed by atoms with Gasteiger partial charge in [0.15, 0.2) is 5.66 Å². The fourth-order valence-electron chi connectivity index (χ4n) is 2.35. The highest BCUT2D eigenvalue weighted by Crippen LogP contribution is 2.29. The quantitative estimate of drug-likeness (QED) is 0.906. The summed E-state index contributed by atoms with van der Waals surface area (Å²) < 4.78 is 26.7. The van der Waals surface area contributed by atoms with Gasteiger partial charge in [0.1, 0.15) is 17.3 Å². The van der Waals surface area contributed by atoms with Crippen molar-refractivity contribution < 1.29 is 13.6 Å². The van der Waals surface area contributed by atoms with E-state index in [9.17, 15) is 13.6 Å². The number of carbonyl (C=O) groups is 1. The zero-order valence-electron chi connectivity index (χ0n) is 11.2. The molecule has 1 amide bonds. The van der Waals surface area contributed by atoms with Crippen LogP contribution in [-0.4, -0.2) is 11.6 Å². The predicted molar refractivity (Wildman–Crippen MR) is 74.8 cm³/mol. The van der Waals surface area contributed by atoms with Crippen LogP contribution in [0.15, 0.2) is 53.5 Å². The Bertz CT molecular complexity index is 723. The molecule has 1 N–H and O–H groups in total. The second kappa shape index (κ2) is 4.77. The summed E-state index contributed by atoms with van der Waals surface area (Å²) in [6.07, 6.45) is 0. The lowest BCUT2D eigenvalue weighted by Crippen LogP contribution is -2.37. The van der Waals surface area contributed by atoms with Crippen LogP contribution >= 0.6 is 0 Å². The van der Waals surface area contributed by atoms with Gasteiger partial charge in [0.2, 0.25) is 0 Å². The summed E-state index contributed by atoms with van der Waals surface area (Å²) in [5.41, 5.74) is 0.00298. The summed E-state index contributed by atoms with van der Waals surface area (Å²) in [6.45, 7) is 1.61. The Morgan fingerprint density at radius 2 is 1.67 bits per heavy atom. The van der Waals surface area contributed by atoms with Crippen LogP contribution in [0.5, 0.6) is 0 Å². The maximum Gasteiger partial charge on any atom is 0.272 e. The lowest BCUT2D eigenvalue weighted by molar-refractivity contribution is -0.115. The number of hydrogen-bond donors (Lipinski definition) is 1. The van der Waals surface area contributed by atoms with Gasteiger partial charge in [0.25, 0.3) is 5.91 Å². The Morgan fingerprint density at radius 1 is 1.05 bits per heavy atom. The van der Waals surface area contributed by atoms with Crippen molar-refractivity contribution in [2.75, 3.05) is 0 Å². The first-order chi connectivity index (χ1) is 9.98. The number of hydrogen-bond acceptors (Lipinski definition) is 2. The third kappa shape index (κ3) is 2.42. The minimum Gasteiger partial charge on any atom is -0.323 e. The number of benzene rings is 2. The first-order valence-corrected chi connectivity index (χ1v) is 6.42. The second-order valence-electron chi connectivity index (χ2n) is 5.01. The maximum atomic E-state index is 13.4. The molecule has 2 aromatic rings. The maximum absolute atomic E-state index is 13.4. The molecule has 3 nitrogen and oxygen atoms in total. The van der Waals surface area contributed by atoms with Gasteiger partial charge in [-0.25, -0.2) is 13.8 Å². The number of carbonyl (C=O) groups excluding carboxylic acids is 1. The van der Waals surface area contributed by atoms with Gasteiger partial charge in [-0.05, 0) is 19.1 Å². The van der Waals surface area contributed by atoms with Crippen LogP contribution in [0.4, 0.5) is 8.78 Å². The fourth-order valence-corrected chi connectivity index (χ4v) is 2.35. The molecule has 106 valence electrons. The first-order valence-electron chi connectivity index (χ1n) is 6.42. The zero-order valence-corrected chi connectivity index (χ0v) is 11.2. The number of amides is 1. The van der Waals surface area contributed by atoms with Gasteiger partial charge < -0.3 is 5.32 Å². The number of nitrogens with one attached hydrogen (secondary N) is 1. The van der Waals surface area contributed by atoms with Crippen LogP contribution in [0.25, 0.3) is 0 Å². The molecule has 1 aliphatic rings. The van der Waals surface area contributed by atoms with Crippen molar-refractivity contribution in [1.29, 1.82) is 0 Å². The van der Waals surface area contributed by atoms with Crippen LogP contribution in [0, 0.1) is 11.6 Å². The van der Waals surface area contributed by atoms with Crippen molar-refractivity contribution in [2.24, 2.45) is 4.99 Å².